The molecule has 3 heterocycles. The van der Waals surface area contributed by atoms with E-state index in [9.17, 15) is 18.0 Å². The Hall–Kier alpha value is -2.72. The second-order valence-corrected chi connectivity index (χ2v) is 12.8. The summed E-state index contributed by atoms with van der Waals surface area (Å²) in [7, 11) is 0. The Morgan fingerprint density at radius 2 is 1.87 bits per heavy atom. The standard InChI is InChI=1S/C28H27ClF3N5OS/c1-14-35-36-26-27(10-11-27)34-23(18-4-2-3-5-20(18)29)22-19-12-15(13-21(19)39-25(22)37(14)26)24(38)33-17-8-6-16(7-9-17)28(30,31)32/h2-5,15-17H,6-13H2,1H3,(H,33,38)/t15-,16-,17+/m0/s1. The van der Waals surface area contributed by atoms with E-state index in [-0.39, 0.29) is 30.7 Å². The van der Waals surface area contributed by atoms with Crippen molar-refractivity contribution in [3.8, 4) is 5.00 Å². The monoisotopic (exact) mass is 573 g/mol. The van der Waals surface area contributed by atoms with Crippen molar-refractivity contribution in [3.05, 3.63) is 62.5 Å². The number of hydrogen-bond donors (Lipinski definition) is 1. The third-order valence-electron chi connectivity index (χ3n) is 8.72. The average molecular weight is 574 g/mol. The van der Waals surface area contributed by atoms with Gasteiger partial charge in [0.1, 0.15) is 16.4 Å². The number of nitrogens with zero attached hydrogens (tertiary/aromatic N) is 4. The van der Waals surface area contributed by atoms with Crippen molar-refractivity contribution in [1.29, 1.82) is 0 Å². The number of aromatic nitrogens is 3. The second kappa shape index (κ2) is 8.89. The van der Waals surface area contributed by atoms with Crippen LogP contribution in [-0.4, -0.2) is 38.6 Å². The summed E-state index contributed by atoms with van der Waals surface area (Å²) in [5.74, 6) is 0.0583. The molecule has 0 radical (unpaired) electrons. The van der Waals surface area contributed by atoms with Crippen LogP contribution in [0.5, 0.6) is 0 Å². The highest BCUT2D eigenvalue weighted by molar-refractivity contribution is 7.15. The number of carbonyl (C=O) groups excluding carboxylic acids is 1. The fraction of sp³-hybridized carbons (Fsp3) is 0.500. The number of halogens is 4. The van der Waals surface area contributed by atoms with Gasteiger partial charge in [-0.2, -0.15) is 13.2 Å². The van der Waals surface area contributed by atoms with E-state index in [1.54, 1.807) is 11.3 Å². The minimum absolute atomic E-state index is 0.0694. The Balaban J connectivity index is 1.21. The second-order valence-electron chi connectivity index (χ2n) is 11.3. The molecule has 7 rings (SSSR count). The fourth-order valence-corrected chi connectivity index (χ4v) is 8.10. The fourth-order valence-electron chi connectivity index (χ4n) is 6.42. The van der Waals surface area contributed by atoms with E-state index in [1.165, 1.54) is 0 Å². The van der Waals surface area contributed by atoms with E-state index < -0.39 is 17.6 Å². The van der Waals surface area contributed by atoms with Gasteiger partial charge in [0.05, 0.1) is 11.6 Å². The van der Waals surface area contributed by atoms with Gasteiger partial charge < -0.3 is 5.32 Å². The predicted molar refractivity (Wildman–Crippen MR) is 143 cm³/mol. The summed E-state index contributed by atoms with van der Waals surface area (Å²) in [6, 6.07) is 7.50. The van der Waals surface area contributed by atoms with Gasteiger partial charge in [-0.25, -0.2) is 0 Å². The van der Waals surface area contributed by atoms with Gasteiger partial charge >= 0.3 is 6.18 Å². The molecule has 4 aliphatic rings. The number of thiophene rings is 1. The van der Waals surface area contributed by atoms with Crippen LogP contribution in [0.4, 0.5) is 13.2 Å². The molecular weight excluding hydrogens is 547 g/mol. The van der Waals surface area contributed by atoms with Gasteiger partial charge in [-0.15, -0.1) is 21.5 Å². The lowest BCUT2D eigenvalue weighted by atomic mass is 9.85. The van der Waals surface area contributed by atoms with Crippen LogP contribution >= 0.6 is 22.9 Å². The van der Waals surface area contributed by atoms with Crippen LogP contribution in [0.15, 0.2) is 29.3 Å². The smallest absolute Gasteiger partial charge is 0.353 e. The minimum atomic E-state index is -4.16. The van der Waals surface area contributed by atoms with E-state index in [0.29, 0.717) is 30.7 Å². The Kier molecular flexibility index (Phi) is 5.76. The maximum Gasteiger partial charge on any atom is 0.391 e. The van der Waals surface area contributed by atoms with Gasteiger partial charge in [-0.05, 0) is 69.9 Å². The van der Waals surface area contributed by atoms with Crippen molar-refractivity contribution in [3.63, 3.8) is 0 Å². The lowest BCUT2D eigenvalue weighted by Crippen LogP contribution is -2.42. The average Bonchev–Trinajstić information content (AvgIpc) is 3.23. The molecule has 1 spiro atoms. The van der Waals surface area contributed by atoms with Crippen LogP contribution in [-0.2, 0) is 23.2 Å². The van der Waals surface area contributed by atoms with E-state index >= 15 is 0 Å². The normalized spacial score (nSPS) is 24.9. The third-order valence-corrected chi connectivity index (χ3v) is 10.3. The zero-order valence-corrected chi connectivity index (χ0v) is 22.9. The first kappa shape index (κ1) is 25.3. The summed E-state index contributed by atoms with van der Waals surface area (Å²) >= 11 is 8.36. The molecule has 0 unspecified atom stereocenters. The van der Waals surface area contributed by atoms with Crippen molar-refractivity contribution in [2.75, 3.05) is 0 Å². The lowest BCUT2D eigenvalue weighted by molar-refractivity contribution is -0.182. The van der Waals surface area contributed by atoms with Crippen molar-refractivity contribution >= 4 is 34.6 Å². The van der Waals surface area contributed by atoms with E-state index in [1.807, 2.05) is 31.2 Å². The zero-order chi connectivity index (χ0) is 27.1. The number of aryl methyl sites for hydroxylation is 1. The topological polar surface area (TPSA) is 72.2 Å². The molecule has 6 nitrogen and oxygen atoms in total. The first-order valence-electron chi connectivity index (χ1n) is 13.4. The van der Waals surface area contributed by atoms with Crippen LogP contribution in [0, 0.1) is 18.8 Å². The zero-order valence-electron chi connectivity index (χ0n) is 21.3. The number of nitrogens with one attached hydrogen (secondary N) is 1. The molecule has 2 saturated carbocycles. The number of carbonyl (C=O) groups is 1. The maximum atomic E-state index is 13.3. The van der Waals surface area contributed by atoms with Gasteiger partial charge in [-0.1, -0.05) is 29.8 Å². The summed E-state index contributed by atoms with van der Waals surface area (Å²) in [6.07, 6.45) is -0.376. The number of hydrogen-bond acceptors (Lipinski definition) is 5. The van der Waals surface area contributed by atoms with E-state index in [2.05, 4.69) is 20.1 Å². The Labute approximate surface area is 232 Å². The summed E-state index contributed by atoms with van der Waals surface area (Å²) < 4.78 is 41.4. The number of rotatable bonds is 3. The van der Waals surface area contributed by atoms with Gasteiger partial charge in [0.25, 0.3) is 0 Å². The van der Waals surface area contributed by atoms with Crippen LogP contribution in [0.2, 0.25) is 5.02 Å². The summed E-state index contributed by atoms with van der Waals surface area (Å²) in [5.41, 5.74) is 3.37. The Morgan fingerprint density at radius 1 is 1.13 bits per heavy atom. The van der Waals surface area contributed by atoms with Crippen molar-refractivity contribution in [2.45, 2.75) is 76.0 Å². The molecule has 1 N–H and O–H groups in total. The Bertz CT molecular complexity index is 1510. The van der Waals surface area contributed by atoms with Crippen LogP contribution in [0.1, 0.15) is 71.7 Å². The molecule has 2 aromatic heterocycles. The van der Waals surface area contributed by atoms with Crippen molar-refractivity contribution < 1.29 is 18.0 Å². The SMILES string of the molecule is Cc1nnc2n1-c1sc3c(c1C(c1ccccc1Cl)=NC21CC1)C[C@H](C(=O)N[C@H]1CC[C@@H](C(F)(F)F)CC1)C3. The third kappa shape index (κ3) is 4.13. The first-order valence-corrected chi connectivity index (χ1v) is 14.6. The molecule has 1 amide bonds. The van der Waals surface area contributed by atoms with E-state index in [4.69, 9.17) is 16.6 Å². The molecule has 1 atom stereocenters. The molecule has 3 aromatic rings. The number of fused-ring (bicyclic) bond motifs is 6. The largest absolute Gasteiger partial charge is 0.391 e. The number of benzene rings is 1. The summed E-state index contributed by atoms with van der Waals surface area (Å²) in [6.45, 7) is 1.95. The molecule has 1 aromatic carbocycles. The molecule has 1 aliphatic heterocycles. The van der Waals surface area contributed by atoms with Crippen molar-refractivity contribution in [2.24, 2.45) is 16.8 Å². The summed E-state index contributed by atoms with van der Waals surface area (Å²) in [5, 5.41) is 13.6. The van der Waals surface area contributed by atoms with Gasteiger partial charge in [0.15, 0.2) is 5.82 Å². The number of amides is 1. The summed E-state index contributed by atoms with van der Waals surface area (Å²) in [4.78, 5) is 19.8. The van der Waals surface area contributed by atoms with Crippen LogP contribution in [0.3, 0.4) is 0 Å². The molecule has 3 aliphatic carbocycles. The van der Waals surface area contributed by atoms with Gasteiger partial charge in [0, 0.05) is 33.0 Å². The molecule has 0 bridgehead atoms. The quantitative estimate of drug-likeness (QED) is 0.413. The van der Waals surface area contributed by atoms with Gasteiger partial charge in [0.2, 0.25) is 5.91 Å². The lowest BCUT2D eigenvalue weighted by Gasteiger charge is -2.30. The molecule has 0 saturated heterocycles. The minimum Gasteiger partial charge on any atom is -0.353 e. The van der Waals surface area contributed by atoms with Crippen LogP contribution < -0.4 is 5.32 Å². The highest BCUT2D eigenvalue weighted by Gasteiger charge is 2.52. The van der Waals surface area contributed by atoms with Gasteiger partial charge in [-0.3, -0.25) is 14.4 Å². The van der Waals surface area contributed by atoms with Crippen LogP contribution in [0.25, 0.3) is 5.00 Å². The van der Waals surface area contributed by atoms with Crippen molar-refractivity contribution in [1.82, 2.24) is 20.1 Å². The number of alkyl halides is 3. The molecule has 204 valence electrons. The first-order chi connectivity index (χ1) is 18.6. The van der Waals surface area contributed by atoms with E-state index in [0.717, 1.165) is 56.8 Å². The molecular formula is C28H27ClF3N5OS. The molecule has 2 fully saturated rings. The highest BCUT2D eigenvalue weighted by atomic mass is 35.5. The predicted octanol–water partition coefficient (Wildman–Crippen LogP) is 6.08. The maximum absolute atomic E-state index is 13.3. The Morgan fingerprint density at radius 3 is 2.56 bits per heavy atom. The highest BCUT2D eigenvalue weighted by Crippen LogP contribution is 2.54. The molecule has 39 heavy (non-hydrogen) atoms. The number of aliphatic imine (C=N–C) groups is 1. The molecule has 11 heteroatoms.